The van der Waals surface area contributed by atoms with Gasteiger partial charge in [-0.15, -0.1) is 0 Å². The standard InChI is InChI=1S/C21H27N5O/c1-2-25-14-21(13-17(20(25)27)16-6-4-3-5-7-16)8-10-26(11-9-21)19-12-18(22)23-15-24-19/h3-7,12,15,17H,2,8-11,13-14H2,1H3,(H2,22,23,24)/t17-/m0/s1. The summed E-state index contributed by atoms with van der Waals surface area (Å²) in [6, 6.07) is 12.1. The number of anilines is 2. The largest absolute Gasteiger partial charge is 0.384 e. The second-order valence-corrected chi connectivity index (χ2v) is 7.81. The van der Waals surface area contributed by atoms with E-state index in [2.05, 4.69) is 38.8 Å². The number of nitrogens with zero attached hydrogens (tertiary/aromatic N) is 4. The Morgan fingerprint density at radius 3 is 2.59 bits per heavy atom. The van der Waals surface area contributed by atoms with Crippen molar-refractivity contribution in [3.8, 4) is 0 Å². The minimum atomic E-state index is -0.0267. The number of likely N-dealkylation sites (tertiary alicyclic amines) is 1. The van der Waals surface area contributed by atoms with Gasteiger partial charge in [-0.1, -0.05) is 30.3 Å². The summed E-state index contributed by atoms with van der Waals surface area (Å²) in [5.41, 5.74) is 7.14. The highest BCUT2D eigenvalue weighted by atomic mass is 16.2. The molecule has 2 N–H and O–H groups in total. The molecule has 6 heteroatoms. The molecule has 2 aromatic rings. The third kappa shape index (κ3) is 3.48. The molecule has 2 fully saturated rings. The van der Waals surface area contributed by atoms with Crippen molar-refractivity contribution in [2.24, 2.45) is 5.41 Å². The Labute approximate surface area is 160 Å². The van der Waals surface area contributed by atoms with Crippen molar-refractivity contribution in [3.63, 3.8) is 0 Å². The molecular weight excluding hydrogens is 338 g/mol. The number of piperidine rings is 2. The van der Waals surface area contributed by atoms with Gasteiger partial charge in [0.05, 0.1) is 5.92 Å². The second-order valence-electron chi connectivity index (χ2n) is 7.81. The van der Waals surface area contributed by atoms with E-state index in [0.717, 1.165) is 56.8 Å². The Balaban J connectivity index is 1.53. The van der Waals surface area contributed by atoms with Crippen molar-refractivity contribution in [1.82, 2.24) is 14.9 Å². The summed E-state index contributed by atoms with van der Waals surface area (Å²) in [4.78, 5) is 25.7. The average Bonchev–Trinajstić information content (AvgIpc) is 2.71. The van der Waals surface area contributed by atoms with E-state index in [0.29, 0.717) is 5.82 Å². The van der Waals surface area contributed by atoms with E-state index in [1.165, 1.54) is 6.33 Å². The highest BCUT2D eigenvalue weighted by Crippen LogP contribution is 2.46. The lowest BCUT2D eigenvalue weighted by Gasteiger charge is -2.50. The lowest BCUT2D eigenvalue weighted by molar-refractivity contribution is -0.140. The van der Waals surface area contributed by atoms with Crippen LogP contribution >= 0.6 is 0 Å². The number of carbonyl (C=O) groups is 1. The zero-order valence-electron chi connectivity index (χ0n) is 15.8. The van der Waals surface area contributed by atoms with Crippen LogP contribution in [0.15, 0.2) is 42.7 Å². The highest BCUT2D eigenvalue weighted by Gasteiger charge is 2.45. The van der Waals surface area contributed by atoms with Crippen molar-refractivity contribution in [3.05, 3.63) is 48.3 Å². The van der Waals surface area contributed by atoms with Gasteiger partial charge < -0.3 is 15.5 Å². The Morgan fingerprint density at radius 1 is 1.19 bits per heavy atom. The molecule has 0 aliphatic carbocycles. The maximum Gasteiger partial charge on any atom is 0.230 e. The van der Waals surface area contributed by atoms with Crippen molar-refractivity contribution >= 4 is 17.5 Å². The molecule has 0 radical (unpaired) electrons. The Hall–Kier alpha value is -2.63. The second kappa shape index (κ2) is 7.18. The van der Waals surface area contributed by atoms with Crippen molar-refractivity contribution < 1.29 is 4.79 Å². The van der Waals surface area contributed by atoms with Gasteiger partial charge in [-0.25, -0.2) is 9.97 Å². The molecule has 1 atom stereocenters. The normalized spacial score (nSPS) is 22.3. The summed E-state index contributed by atoms with van der Waals surface area (Å²) >= 11 is 0. The molecule has 2 aliphatic heterocycles. The summed E-state index contributed by atoms with van der Waals surface area (Å²) in [6.07, 6.45) is 4.58. The smallest absolute Gasteiger partial charge is 0.230 e. The molecule has 0 bridgehead atoms. The first-order valence-corrected chi connectivity index (χ1v) is 9.76. The van der Waals surface area contributed by atoms with Crippen LogP contribution in [0, 0.1) is 5.41 Å². The van der Waals surface area contributed by atoms with Crippen LogP contribution < -0.4 is 10.6 Å². The number of likely N-dealkylation sites (N-methyl/N-ethyl adjacent to an activating group) is 1. The predicted molar refractivity (Wildman–Crippen MR) is 106 cm³/mol. The molecular formula is C21H27N5O. The number of hydrogen-bond acceptors (Lipinski definition) is 5. The van der Waals surface area contributed by atoms with Gasteiger partial charge in [0.25, 0.3) is 0 Å². The monoisotopic (exact) mass is 365 g/mol. The molecule has 142 valence electrons. The summed E-state index contributed by atoms with van der Waals surface area (Å²) in [5.74, 6) is 1.66. The molecule has 1 aromatic carbocycles. The van der Waals surface area contributed by atoms with E-state index in [4.69, 9.17) is 5.73 Å². The maximum atomic E-state index is 13.0. The summed E-state index contributed by atoms with van der Waals surface area (Å²) in [5, 5.41) is 0. The van der Waals surface area contributed by atoms with E-state index in [-0.39, 0.29) is 17.2 Å². The van der Waals surface area contributed by atoms with Crippen LogP contribution in [0.1, 0.15) is 37.7 Å². The van der Waals surface area contributed by atoms with Gasteiger partial charge in [-0.3, -0.25) is 4.79 Å². The van der Waals surface area contributed by atoms with Crippen LogP contribution in [0.5, 0.6) is 0 Å². The minimum Gasteiger partial charge on any atom is -0.384 e. The van der Waals surface area contributed by atoms with Gasteiger partial charge in [-0.05, 0) is 37.2 Å². The molecule has 0 saturated carbocycles. The van der Waals surface area contributed by atoms with E-state index >= 15 is 0 Å². The van der Waals surface area contributed by atoms with Crippen molar-refractivity contribution in [1.29, 1.82) is 0 Å². The average molecular weight is 365 g/mol. The molecule has 2 saturated heterocycles. The first kappa shape index (κ1) is 17.8. The zero-order chi connectivity index (χ0) is 18.9. The number of carbonyl (C=O) groups excluding carboxylic acids is 1. The number of nitrogens with two attached hydrogens (primary N) is 1. The summed E-state index contributed by atoms with van der Waals surface area (Å²) in [6.45, 7) is 5.59. The fourth-order valence-corrected chi connectivity index (χ4v) is 4.61. The molecule has 0 unspecified atom stereocenters. The Bertz CT molecular complexity index is 801. The molecule has 1 amide bonds. The fourth-order valence-electron chi connectivity index (χ4n) is 4.61. The van der Waals surface area contributed by atoms with Gasteiger partial charge in [0, 0.05) is 32.2 Å². The Morgan fingerprint density at radius 2 is 1.93 bits per heavy atom. The van der Waals surface area contributed by atoms with Crippen LogP contribution in [0.3, 0.4) is 0 Å². The first-order chi connectivity index (χ1) is 13.1. The van der Waals surface area contributed by atoms with Gasteiger partial charge in [0.1, 0.15) is 18.0 Å². The number of hydrogen-bond donors (Lipinski definition) is 1. The maximum absolute atomic E-state index is 13.0. The number of nitrogen functional groups attached to an aromatic ring is 1. The third-order valence-electron chi connectivity index (χ3n) is 6.18. The number of amides is 1. The summed E-state index contributed by atoms with van der Waals surface area (Å²) < 4.78 is 0. The van der Waals surface area contributed by atoms with E-state index in [1.807, 2.05) is 24.3 Å². The fraction of sp³-hybridized carbons (Fsp3) is 0.476. The molecule has 27 heavy (non-hydrogen) atoms. The quantitative estimate of drug-likeness (QED) is 0.905. The lowest BCUT2D eigenvalue weighted by Crippen LogP contribution is -2.54. The van der Waals surface area contributed by atoms with Crippen LogP contribution in [-0.2, 0) is 4.79 Å². The topological polar surface area (TPSA) is 75.3 Å². The lowest BCUT2D eigenvalue weighted by atomic mass is 9.67. The number of aromatic nitrogens is 2. The van der Waals surface area contributed by atoms with Crippen LogP contribution in [0.25, 0.3) is 0 Å². The highest BCUT2D eigenvalue weighted by molar-refractivity contribution is 5.84. The van der Waals surface area contributed by atoms with Crippen LogP contribution in [0.4, 0.5) is 11.6 Å². The molecule has 3 heterocycles. The predicted octanol–water partition coefficient (Wildman–Crippen LogP) is 2.68. The molecule has 2 aliphatic rings. The van der Waals surface area contributed by atoms with Crippen molar-refractivity contribution in [2.75, 3.05) is 36.8 Å². The molecule has 4 rings (SSSR count). The van der Waals surface area contributed by atoms with Crippen molar-refractivity contribution in [2.45, 2.75) is 32.1 Å². The molecule has 1 aromatic heterocycles. The Kier molecular flexibility index (Phi) is 4.72. The van der Waals surface area contributed by atoms with Gasteiger partial charge in [-0.2, -0.15) is 0 Å². The van der Waals surface area contributed by atoms with E-state index < -0.39 is 0 Å². The van der Waals surface area contributed by atoms with Crippen LogP contribution in [0.2, 0.25) is 0 Å². The molecule has 6 nitrogen and oxygen atoms in total. The minimum absolute atomic E-state index is 0.0267. The van der Waals surface area contributed by atoms with E-state index in [9.17, 15) is 4.79 Å². The number of benzene rings is 1. The van der Waals surface area contributed by atoms with Gasteiger partial charge in [0.15, 0.2) is 0 Å². The van der Waals surface area contributed by atoms with Gasteiger partial charge >= 0.3 is 0 Å². The van der Waals surface area contributed by atoms with Gasteiger partial charge in [0.2, 0.25) is 5.91 Å². The number of rotatable bonds is 3. The summed E-state index contributed by atoms with van der Waals surface area (Å²) in [7, 11) is 0. The molecule has 1 spiro atoms. The van der Waals surface area contributed by atoms with E-state index in [1.54, 1.807) is 0 Å². The SMILES string of the molecule is CCN1CC2(CCN(c3cc(N)ncn3)CC2)C[C@@H](c2ccccc2)C1=O. The van der Waals surface area contributed by atoms with Crippen LogP contribution in [-0.4, -0.2) is 47.0 Å². The third-order valence-corrected chi connectivity index (χ3v) is 6.18. The first-order valence-electron chi connectivity index (χ1n) is 9.76. The zero-order valence-corrected chi connectivity index (χ0v) is 15.8.